The van der Waals surface area contributed by atoms with E-state index in [1.54, 1.807) is 0 Å². The first-order chi connectivity index (χ1) is 10.2. The number of hydrogen-bond donors (Lipinski definition) is 2. The van der Waals surface area contributed by atoms with Crippen LogP contribution >= 0.6 is 0 Å². The molecule has 1 atom stereocenters. The Kier molecular flexibility index (Phi) is 8.47. The number of carbonyl (C=O) groups is 1. The Morgan fingerprint density at radius 2 is 1.82 bits per heavy atom. The maximum absolute atomic E-state index is 11.5. The van der Waals surface area contributed by atoms with E-state index in [4.69, 9.17) is 4.74 Å². The van der Waals surface area contributed by atoms with Gasteiger partial charge in [-0.2, -0.15) is 0 Å². The summed E-state index contributed by atoms with van der Waals surface area (Å²) < 4.78 is 4.88. The van der Waals surface area contributed by atoms with Crippen molar-refractivity contribution in [3.05, 3.63) is 39.9 Å². The van der Waals surface area contributed by atoms with Crippen LogP contribution in [0.2, 0.25) is 0 Å². The van der Waals surface area contributed by atoms with Crippen molar-refractivity contribution in [3.8, 4) is 0 Å². The number of ether oxygens (including phenoxy) is 1. The first-order valence-corrected chi connectivity index (χ1v) is 6.99. The number of Topliss-reactive ketones (excluding diaryl/α,β-unsaturated/α-hetero) is 1. The van der Waals surface area contributed by atoms with Crippen LogP contribution in [0.4, 0.5) is 5.69 Å². The van der Waals surface area contributed by atoms with E-state index in [1.807, 2.05) is 13.8 Å². The van der Waals surface area contributed by atoms with Gasteiger partial charge < -0.3 is 14.9 Å². The van der Waals surface area contributed by atoms with Crippen molar-refractivity contribution < 1.29 is 24.7 Å². The van der Waals surface area contributed by atoms with Gasteiger partial charge in [-0.25, -0.2) is 0 Å². The van der Waals surface area contributed by atoms with E-state index >= 15 is 0 Å². The summed E-state index contributed by atoms with van der Waals surface area (Å²) in [7, 11) is 0. The van der Waals surface area contributed by atoms with Crippen molar-refractivity contribution >= 4 is 11.5 Å². The van der Waals surface area contributed by atoms with E-state index < -0.39 is 16.8 Å². The molecule has 7 nitrogen and oxygen atoms in total. The lowest BCUT2D eigenvalue weighted by molar-refractivity contribution is -0.384. The topological polar surface area (TPSA) is 110 Å². The van der Waals surface area contributed by atoms with Crippen LogP contribution in [-0.4, -0.2) is 33.3 Å². The summed E-state index contributed by atoms with van der Waals surface area (Å²) in [5.41, 5.74) is 0.324. The van der Waals surface area contributed by atoms with Crippen LogP contribution < -0.4 is 0 Å². The highest BCUT2D eigenvalue weighted by Crippen LogP contribution is 2.20. The third-order valence-electron chi connectivity index (χ3n) is 2.50. The second-order valence-electron chi connectivity index (χ2n) is 4.84. The third-order valence-corrected chi connectivity index (χ3v) is 2.50. The molecule has 22 heavy (non-hydrogen) atoms. The fourth-order valence-electron chi connectivity index (χ4n) is 1.47. The van der Waals surface area contributed by atoms with E-state index in [0.717, 1.165) is 0 Å². The maximum atomic E-state index is 11.5. The van der Waals surface area contributed by atoms with Gasteiger partial charge in [0.05, 0.1) is 11.0 Å². The monoisotopic (exact) mass is 313 g/mol. The van der Waals surface area contributed by atoms with Gasteiger partial charge in [0.2, 0.25) is 0 Å². The summed E-state index contributed by atoms with van der Waals surface area (Å²) in [5.74, 6) is -1.79. The molecular weight excluding hydrogens is 290 g/mol. The molecule has 2 N–H and O–H groups in total. The van der Waals surface area contributed by atoms with E-state index in [-0.39, 0.29) is 24.5 Å². The molecule has 7 heteroatoms. The normalized spacial score (nSPS) is 12.1. The Labute approximate surface area is 129 Å². The van der Waals surface area contributed by atoms with Crippen LogP contribution in [0.25, 0.3) is 0 Å². The molecule has 0 spiro atoms. The summed E-state index contributed by atoms with van der Waals surface area (Å²) in [6, 6.07) is 5.31. The van der Waals surface area contributed by atoms with Gasteiger partial charge in [-0.1, -0.05) is 13.8 Å². The van der Waals surface area contributed by atoms with E-state index in [0.29, 0.717) is 5.56 Å². The number of hydrogen-bond acceptors (Lipinski definition) is 6. The molecule has 1 aromatic rings. The molecular formula is C15H23NO6. The number of nitro groups is 1. The summed E-state index contributed by atoms with van der Waals surface area (Å²) >= 11 is 0. The Morgan fingerprint density at radius 1 is 1.32 bits per heavy atom. The molecule has 0 amide bonds. The quantitative estimate of drug-likeness (QED) is 0.454. The van der Waals surface area contributed by atoms with E-state index in [9.17, 15) is 25.1 Å². The number of carbonyl (C=O) groups excluding carboxylic acids is 1. The number of rotatable bonds is 7. The lowest BCUT2D eigenvalue weighted by Crippen LogP contribution is -2.27. The van der Waals surface area contributed by atoms with E-state index in [2.05, 4.69) is 0 Å². The molecule has 0 saturated carbocycles. The van der Waals surface area contributed by atoms with Crippen LogP contribution in [0.5, 0.6) is 0 Å². The first-order valence-electron chi connectivity index (χ1n) is 6.99. The highest BCUT2D eigenvalue weighted by molar-refractivity contribution is 5.80. The van der Waals surface area contributed by atoms with Crippen LogP contribution in [0, 0.1) is 10.1 Å². The van der Waals surface area contributed by atoms with Gasteiger partial charge in [-0.15, -0.1) is 0 Å². The number of ketones is 1. The van der Waals surface area contributed by atoms with Gasteiger partial charge in [-0.3, -0.25) is 14.9 Å². The van der Waals surface area contributed by atoms with E-state index in [1.165, 1.54) is 38.1 Å². The van der Waals surface area contributed by atoms with Crippen molar-refractivity contribution in [2.75, 3.05) is 6.61 Å². The molecule has 0 saturated heterocycles. The molecule has 0 aliphatic heterocycles. The van der Waals surface area contributed by atoms with Gasteiger partial charge >= 0.3 is 0 Å². The molecule has 0 aromatic heterocycles. The number of benzene rings is 1. The highest BCUT2D eigenvalue weighted by atomic mass is 16.6. The Balaban J connectivity index is 0.00000211. The molecule has 0 aliphatic rings. The minimum Gasteiger partial charge on any atom is -0.388 e. The number of nitro benzene ring substituents is 1. The fraction of sp³-hybridized carbons (Fsp3) is 0.533. The van der Waals surface area contributed by atoms with Crippen molar-refractivity contribution in [1.82, 2.24) is 0 Å². The van der Waals surface area contributed by atoms with Crippen molar-refractivity contribution in [3.63, 3.8) is 0 Å². The lowest BCUT2D eigenvalue weighted by atomic mass is 10.0. The first kappa shape index (κ1) is 20.2. The van der Waals surface area contributed by atoms with Gasteiger partial charge in [0.15, 0.2) is 11.6 Å². The average Bonchev–Trinajstić information content (AvgIpc) is 2.46. The standard InChI is InChI=1S/C13H17NO6.C2H6/c1-13(2,17)20-8-11(15)7-12(16)9-3-5-10(6-4-9)14(18)19;1-2/h3-6,12,16-17H,7-8H2,1-2H3;1-2H3. The molecule has 0 radical (unpaired) electrons. The minimum absolute atomic E-state index is 0.0855. The zero-order valence-electron chi connectivity index (χ0n) is 13.3. The lowest BCUT2D eigenvalue weighted by Gasteiger charge is -2.18. The van der Waals surface area contributed by atoms with Crippen LogP contribution in [0.1, 0.15) is 45.8 Å². The number of aliphatic hydroxyl groups is 2. The predicted molar refractivity (Wildman–Crippen MR) is 81.3 cm³/mol. The van der Waals surface area contributed by atoms with Crippen LogP contribution in [0.15, 0.2) is 24.3 Å². The molecule has 1 unspecified atom stereocenters. The maximum Gasteiger partial charge on any atom is 0.269 e. The molecule has 0 bridgehead atoms. The van der Waals surface area contributed by atoms with Crippen LogP contribution in [-0.2, 0) is 9.53 Å². The Hall–Kier alpha value is -1.83. The SMILES string of the molecule is CC.CC(C)(O)OCC(=O)CC(O)c1ccc([N+](=O)[O-])cc1. The molecule has 0 aliphatic carbocycles. The molecule has 1 rings (SSSR count). The second-order valence-corrected chi connectivity index (χ2v) is 4.84. The van der Waals surface area contributed by atoms with Crippen molar-refractivity contribution in [2.45, 2.75) is 46.0 Å². The largest absolute Gasteiger partial charge is 0.388 e. The van der Waals surface area contributed by atoms with Crippen LogP contribution in [0.3, 0.4) is 0 Å². The Morgan fingerprint density at radius 3 is 2.23 bits per heavy atom. The minimum atomic E-state index is -1.41. The third kappa shape index (κ3) is 7.82. The molecule has 0 fully saturated rings. The fourth-order valence-corrected chi connectivity index (χ4v) is 1.47. The molecule has 1 aromatic carbocycles. The zero-order valence-corrected chi connectivity index (χ0v) is 13.3. The van der Waals surface area contributed by atoms with Gasteiger partial charge in [0.25, 0.3) is 5.69 Å². The summed E-state index contributed by atoms with van der Waals surface area (Å²) in [6.07, 6.45) is -1.25. The number of aliphatic hydroxyl groups excluding tert-OH is 1. The van der Waals surface area contributed by atoms with Crippen molar-refractivity contribution in [2.24, 2.45) is 0 Å². The summed E-state index contributed by atoms with van der Waals surface area (Å²) in [6.45, 7) is 6.48. The molecule has 0 heterocycles. The predicted octanol–water partition coefficient (Wildman–Crippen LogP) is 2.36. The average molecular weight is 313 g/mol. The van der Waals surface area contributed by atoms with Gasteiger partial charge in [0.1, 0.15) is 6.61 Å². The Bertz CT molecular complexity index is 478. The van der Waals surface area contributed by atoms with Gasteiger partial charge in [0, 0.05) is 18.6 Å². The highest BCUT2D eigenvalue weighted by Gasteiger charge is 2.18. The molecule has 124 valence electrons. The smallest absolute Gasteiger partial charge is 0.269 e. The van der Waals surface area contributed by atoms with Gasteiger partial charge in [-0.05, 0) is 31.5 Å². The summed E-state index contributed by atoms with van der Waals surface area (Å²) in [5, 5.41) is 29.6. The zero-order chi connectivity index (χ0) is 17.3. The number of nitrogens with zero attached hydrogens (tertiary/aromatic N) is 1. The second kappa shape index (κ2) is 9.24. The van der Waals surface area contributed by atoms with Crippen molar-refractivity contribution in [1.29, 1.82) is 0 Å². The summed E-state index contributed by atoms with van der Waals surface area (Å²) in [4.78, 5) is 21.5. The number of non-ortho nitro benzene ring substituents is 1.